The fourth-order valence-electron chi connectivity index (χ4n) is 3.10. The third-order valence-corrected chi connectivity index (χ3v) is 4.98. The van der Waals surface area contributed by atoms with Gasteiger partial charge in [-0.1, -0.05) is 35.4 Å². The van der Waals surface area contributed by atoms with Gasteiger partial charge in [-0.2, -0.15) is 0 Å². The van der Waals surface area contributed by atoms with Crippen LogP contribution in [0, 0.1) is 13.8 Å². The molecule has 2 N–H and O–H groups in total. The van der Waals surface area contributed by atoms with E-state index in [-0.39, 0.29) is 11.6 Å². The van der Waals surface area contributed by atoms with Crippen LogP contribution < -0.4 is 15.4 Å². The Bertz CT molecular complexity index is 819. The number of benzene rings is 2. The Morgan fingerprint density at radius 1 is 1.20 bits per heavy atom. The molecular formula is C20H23ClN2OS. The van der Waals surface area contributed by atoms with Gasteiger partial charge in [-0.3, -0.25) is 0 Å². The van der Waals surface area contributed by atoms with Crippen molar-refractivity contribution in [3.8, 4) is 5.75 Å². The van der Waals surface area contributed by atoms with Crippen LogP contribution in [-0.2, 0) is 0 Å². The first-order valence-corrected chi connectivity index (χ1v) is 9.15. The monoisotopic (exact) mass is 374 g/mol. The molecule has 2 aromatic carbocycles. The zero-order chi connectivity index (χ0) is 18.2. The minimum Gasteiger partial charge on any atom is -0.487 e. The van der Waals surface area contributed by atoms with Gasteiger partial charge in [0.05, 0.1) is 6.04 Å². The highest BCUT2D eigenvalue weighted by Gasteiger charge is 2.34. The van der Waals surface area contributed by atoms with Crippen molar-refractivity contribution < 1.29 is 4.74 Å². The van der Waals surface area contributed by atoms with Crippen molar-refractivity contribution in [1.82, 2.24) is 5.32 Å². The van der Waals surface area contributed by atoms with Crippen LogP contribution in [0.15, 0.2) is 36.4 Å². The van der Waals surface area contributed by atoms with Gasteiger partial charge in [-0.15, -0.1) is 0 Å². The molecule has 5 heteroatoms. The lowest BCUT2D eigenvalue weighted by Crippen LogP contribution is -2.42. The number of halogens is 1. The van der Waals surface area contributed by atoms with Crippen molar-refractivity contribution in [3.63, 3.8) is 0 Å². The molecule has 3 nitrogen and oxygen atoms in total. The average Bonchev–Trinajstić information content (AvgIpc) is 2.51. The van der Waals surface area contributed by atoms with Crippen molar-refractivity contribution in [2.75, 3.05) is 5.32 Å². The second-order valence-corrected chi connectivity index (χ2v) is 8.04. The number of anilines is 1. The number of rotatable bonds is 2. The Morgan fingerprint density at radius 2 is 1.96 bits per heavy atom. The lowest BCUT2D eigenvalue weighted by Gasteiger charge is -2.38. The zero-order valence-corrected chi connectivity index (χ0v) is 16.5. The maximum absolute atomic E-state index is 6.19. The molecule has 1 atom stereocenters. The summed E-state index contributed by atoms with van der Waals surface area (Å²) >= 11 is 11.7. The molecule has 0 unspecified atom stereocenters. The molecule has 0 aliphatic carbocycles. The van der Waals surface area contributed by atoms with E-state index in [4.69, 9.17) is 28.6 Å². The summed E-state index contributed by atoms with van der Waals surface area (Å²) in [4.78, 5) is 0. The first-order chi connectivity index (χ1) is 11.7. The first kappa shape index (κ1) is 18.0. The molecule has 0 spiro atoms. The number of ether oxygens (including phenoxy) is 1. The van der Waals surface area contributed by atoms with Crippen molar-refractivity contribution in [2.24, 2.45) is 0 Å². The maximum atomic E-state index is 6.19. The molecule has 0 fully saturated rings. The summed E-state index contributed by atoms with van der Waals surface area (Å²) in [6, 6.07) is 12.2. The van der Waals surface area contributed by atoms with Gasteiger partial charge in [0.2, 0.25) is 0 Å². The molecule has 0 bridgehead atoms. The maximum Gasteiger partial charge on any atom is 0.171 e. The Balaban J connectivity index is 1.78. The van der Waals surface area contributed by atoms with E-state index in [1.807, 2.05) is 31.2 Å². The van der Waals surface area contributed by atoms with Crippen molar-refractivity contribution in [1.29, 1.82) is 0 Å². The third-order valence-electron chi connectivity index (χ3n) is 4.36. The van der Waals surface area contributed by atoms with E-state index >= 15 is 0 Å². The summed E-state index contributed by atoms with van der Waals surface area (Å²) in [6.45, 7) is 8.26. The molecule has 3 rings (SSSR count). The molecule has 1 heterocycles. The number of fused-ring (bicyclic) bond motifs is 1. The lowest BCUT2D eigenvalue weighted by molar-refractivity contribution is 0.0696. The van der Waals surface area contributed by atoms with Crippen molar-refractivity contribution >= 4 is 34.6 Å². The topological polar surface area (TPSA) is 33.3 Å². The van der Waals surface area contributed by atoms with Gasteiger partial charge < -0.3 is 15.4 Å². The van der Waals surface area contributed by atoms with Crippen LogP contribution in [0.1, 0.15) is 43.0 Å². The number of hydrogen-bond acceptors (Lipinski definition) is 2. The Morgan fingerprint density at radius 3 is 2.68 bits per heavy atom. The summed E-state index contributed by atoms with van der Waals surface area (Å²) in [5.74, 6) is 0.917. The van der Waals surface area contributed by atoms with Gasteiger partial charge >= 0.3 is 0 Å². The smallest absolute Gasteiger partial charge is 0.171 e. The van der Waals surface area contributed by atoms with E-state index in [0.717, 1.165) is 34.0 Å². The highest BCUT2D eigenvalue weighted by atomic mass is 35.5. The van der Waals surface area contributed by atoms with Crippen LogP contribution >= 0.6 is 23.8 Å². The summed E-state index contributed by atoms with van der Waals surface area (Å²) < 4.78 is 6.11. The fourth-order valence-corrected chi connectivity index (χ4v) is 3.54. The molecule has 2 aromatic rings. The average molecular weight is 375 g/mol. The summed E-state index contributed by atoms with van der Waals surface area (Å²) in [5, 5.41) is 7.96. The van der Waals surface area contributed by atoms with Crippen LogP contribution in [0.5, 0.6) is 5.75 Å². The number of aryl methyl sites for hydroxylation is 2. The van der Waals surface area contributed by atoms with E-state index < -0.39 is 0 Å². The number of nitrogens with one attached hydrogen (secondary N) is 2. The van der Waals surface area contributed by atoms with Gasteiger partial charge in [-0.25, -0.2) is 0 Å². The predicted molar refractivity (Wildman–Crippen MR) is 109 cm³/mol. The van der Waals surface area contributed by atoms with E-state index in [2.05, 4.69) is 43.5 Å². The van der Waals surface area contributed by atoms with E-state index in [1.165, 1.54) is 5.56 Å². The van der Waals surface area contributed by atoms with Gasteiger partial charge in [0.1, 0.15) is 11.4 Å². The third kappa shape index (κ3) is 4.25. The van der Waals surface area contributed by atoms with E-state index in [0.29, 0.717) is 5.11 Å². The molecule has 25 heavy (non-hydrogen) atoms. The molecule has 0 radical (unpaired) electrons. The van der Waals surface area contributed by atoms with E-state index in [9.17, 15) is 0 Å². The Labute approximate surface area is 159 Å². The summed E-state index contributed by atoms with van der Waals surface area (Å²) in [6.07, 6.45) is 0.833. The second-order valence-electron chi connectivity index (χ2n) is 7.22. The zero-order valence-electron chi connectivity index (χ0n) is 14.9. The second kappa shape index (κ2) is 6.85. The van der Waals surface area contributed by atoms with E-state index in [1.54, 1.807) is 0 Å². The molecule has 1 aliphatic rings. The minimum absolute atomic E-state index is 0.0968. The van der Waals surface area contributed by atoms with Crippen LogP contribution in [0.3, 0.4) is 0 Å². The molecule has 1 aliphatic heterocycles. The molecule has 0 saturated heterocycles. The Kier molecular flexibility index (Phi) is 4.94. The number of hydrogen-bond donors (Lipinski definition) is 2. The summed E-state index contributed by atoms with van der Waals surface area (Å²) in [7, 11) is 0. The van der Waals surface area contributed by atoms with Crippen LogP contribution in [-0.4, -0.2) is 10.7 Å². The SMILES string of the molecule is Cc1ccc2c(c1)[C@@H](NC(=S)Nc1ccc(C)c(Cl)c1)CC(C)(C)O2. The van der Waals surface area contributed by atoms with Gasteiger partial charge in [0.25, 0.3) is 0 Å². The minimum atomic E-state index is -0.247. The fraction of sp³-hybridized carbons (Fsp3) is 0.350. The first-order valence-electron chi connectivity index (χ1n) is 8.37. The highest BCUT2D eigenvalue weighted by molar-refractivity contribution is 7.80. The molecular weight excluding hydrogens is 352 g/mol. The van der Waals surface area contributed by atoms with Crippen molar-refractivity contribution in [2.45, 2.75) is 45.8 Å². The summed E-state index contributed by atoms with van der Waals surface area (Å²) in [5.41, 5.74) is 4.02. The standard InChI is InChI=1S/C20H23ClN2OS/c1-12-5-8-18-15(9-12)17(11-20(3,4)24-18)23-19(25)22-14-7-6-13(2)16(21)10-14/h5-10,17H,11H2,1-4H3,(H2,22,23,25)/t17-/m0/s1. The van der Waals surface area contributed by atoms with Gasteiger partial charge in [0, 0.05) is 22.7 Å². The highest BCUT2D eigenvalue weighted by Crippen LogP contribution is 2.39. The number of thiocarbonyl (C=S) groups is 1. The molecule has 0 amide bonds. The molecule has 0 aromatic heterocycles. The van der Waals surface area contributed by atoms with Gasteiger partial charge in [-0.05, 0) is 63.7 Å². The predicted octanol–water partition coefficient (Wildman–Crippen LogP) is 5.55. The van der Waals surface area contributed by atoms with Crippen LogP contribution in [0.4, 0.5) is 5.69 Å². The molecule has 132 valence electrons. The van der Waals surface area contributed by atoms with Crippen molar-refractivity contribution in [3.05, 3.63) is 58.1 Å². The largest absolute Gasteiger partial charge is 0.487 e. The quantitative estimate of drug-likeness (QED) is 0.675. The molecule has 0 saturated carbocycles. The van der Waals surface area contributed by atoms with Gasteiger partial charge in [0.15, 0.2) is 5.11 Å². The van der Waals surface area contributed by atoms with Crippen LogP contribution in [0.25, 0.3) is 0 Å². The lowest BCUT2D eigenvalue weighted by atomic mass is 9.89. The van der Waals surface area contributed by atoms with Crippen LogP contribution in [0.2, 0.25) is 5.02 Å². The normalized spacial score (nSPS) is 18.0. The Hall–Kier alpha value is -1.78.